The molecule has 1 atom stereocenters. The summed E-state index contributed by atoms with van der Waals surface area (Å²) in [7, 11) is 0. The average Bonchev–Trinajstić information content (AvgIpc) is 2.75. The van der Waals surface area contributed by atoms with Crippen LogP contribution in [0.2, 0.25) is 0 Å². The summed E-state index contributed by atoms with van der Waals surface area (Å²) in [5, 5.41) is 2.15. The summed E-state index contributed by atoms with van der Waals surface area (Å²) in [4.78, 5) is 36.5. The molecule has 1 unspecified atom stereocenters. The number of carbonyl (C=O) groups excluding carboxylic acids is 3. The Bertz CT molecular complexity index is 692. The number of rotatable bonds is 1. The summed E-state index contributed by atoms with van der Waals surface area (Å²) in [6.07, 6.45) is 0.301. The Labute approximate surface area is 131 Å². The van der Waals surface area contributed by atoms with Crippen LogP contribution >= 0.6 is 22.6 Å². The van der Waals surface area contributed by atoms with E-state index in [1.165, 1.54) is 4.90 Å². The minimum atomic E-state index is -1.19. The van der Waals surface area contributed by atoms with Gasteiger partial charge in [0.15, 0.2) is 11.6 Å². The highest BCUT2D eigenvalue weighted by Crippen LogP contribution is 2.33. The monoisotopic (exact) mass is 406 g/mol. The number of halogens is 3. The van der Waals surface area contributed by atoms with Crippen molar-refractivity contribution in [3.63, 3.8) is 0 Å². The second-order valence-corrected chi connectivity index (χ2v) is 6.07. The van der Waals surface area contributed by atoms with Gasteiger partial charge in [0, 0.05) is 22.1 Å². The average molecular weight is 406 g/mol. The molecule has 1 fully saturated rings. The molecular formula is C13H9F2IN2O3. The second-order valence-electron chi connectivity index (χ2n) is 4.91. The first kappa shape index (κ1) is 14.4. The molecule has 21 heavy (non-hydrogen) atoms. The van der Waals surface area contributed by atoms with Crippen LogP contribution in [0.4, 0.5) is 8.78 Å². The minimum Gasteiger partial charge on any atom is -0.322 e. The first-order chi connectivity index (χ1) is 9.90. The smallest absolute Gasteiger partial charge is 0.258 e. The Balaban J connectivity index is 1.98. The molecule has 1 aromatic carbocycles. The number of hydrogen-bond donors (Lipinski definition) is 1. The third-order valence-electron chi connectivity index (χ3n) is 3.66. The van der Waals surface area contributed by atoms with E-state index in [1.54, 1.807) is 0 Å². The second kappa shape index (κ2) is 5.00. The van der Waals surface area contributed by atoms with Crippen LogP contribution < -0.4 is 5.32 Å². The number of amides is 3. The number of carbonyl (C=O) groups is 3. The van der Waals surface area contributed by atoms with Crippen LogP contribution in [0.3, 0.4) is 0 Å². The molecule has 0 saturated carbocycles. The molecule has 110 valence electrons. The summed E-state index contributed by atoms with van der Waals surface area (Å²) in [6.45, 7) is 0.0376. The van der Waals surface area contributed by atoms with Gasteiger partial charge in [0.1, 0.15) is 6.04 Å². The van der Waals surface area contributed by atoms with E-state index in [0.717, 1.165) is 6.07 Å². The van der Waals surface area contributed by atoms with Crippen LogP contribution in [0.15, 0.2) is 6.07 Å². The quantitative estimate of drug-likeness (QED) is 0.435. The Kier molecular flexibility index (Phi) is 3.42. The van der Waals surface area contributed by atoms with Crippen molar-refractivity contribution < 1.29 is 23.2 Å². The molecule has 2 aliphatic heterocycles. The van der Waals surface area contributed by atoms with Gasteiger partial charge in [0.05, 0.1) is 5.56 Å². The first-order valence-corrected chi connectivity index (χ1v) is 7.29. The molecule has 0 aliphatic carbocycles. The predicted molar refractivity (Wildman–Crippen MR) is 75.1 cm³/mol. The maximum absolute atomic E-state index is 13.9. The SMILES string of the molecule is O=C1CCC(N2Cc3c(I)cc(F)c(F)c3C2=O)C(=O)N1. The summed E-state index contributed by atoms with van der Waals surface area (Å²) in [6, 6.07) is 0.191. The summed E-state index contributed by atoms with van der Waals surface area (Å²) in [5.41, 5.74) is 0.0632. The molecule has 1 N–H and O–H groups in total. The molecular weight excluding hydrogens is 397 g/mol. The van der Waals surface area contributed by atoms with Gasteiger partial charge in [-0.05, 0) is 35.1 Å². The molecule has 0 radical (unpaired) electrons. The molecule has 2 aliphatic rings. The number of nitrogens with one attached hydrogen (secondary N) is 1. The zero-order chi connectivity index (χ0) is 15.3. The van der Waals surface area contributed by atoms with Crippen molar-refractivity contribution in [2.45, 2.75) is 25.4 Å². The Hall–Kier alpha value is -1.58. The lowest BCUT2D eigenvalue weighted by Gasteiger charge is -2.29. The number of benzene rings is 1. The van der Waals surface area contributed by atoms with E-state index in [9.17, 15) is 23.2 Å². The maximum Gasteiger partial charge on any atom is 0.258 e. The van der Waals surface area contributed by atoms with Crippen molar-refractivity contribution in [2.24, 2.45) is 0 Å². The van der Waals surface area contributed by atoms with Crippen molar-refractivity contribution in [1.29, 1.82) is 0 Å². The van der Waals surface area contributed by atoms with Gasteiger partial charge < -0.3 is 4.90 Å². The van der Waals surface area contributed by atoms with Gasteiger partial charge in [-0.15, -0.1) is 0 Å². The van der Waals surface area contributed by atoms with Crippen LogP contribution in [0.1, 0.15) is 28.8 Å². The highest BCUT2D eigenvalue weighted by Gasteiger charge is 2.41. The molecule has 0 bridgehead atoms. The lowest BCUT2D eigenvalue weighted by atomic mass is 10.0. The van der Waals surface area contributed by atoms with E-state index < -0.39 is 35.4 Å². The summed E-state index contributed by atoms with van der Waals surface area (Å²) >= 11 is 1.83. The fourth-order valence-corrected chi connectivity index (χ4v) is 3.34. The van der Waals surface area contributed by atoms with E-state index in [0.29, 0.717) is 9.13 Å². The van der Waals surface area contributed by atoms with Crippen molar-refractivity contribution in [3.05, 3.63) is 32.4 Å². The van der Waals surface area contributed by atoms with E-state index in [2.05, 4.69) is 5.32 Å². The topological polar surface area (TPSA) is 66.5 Å². The standard InChI is InChI=1S/C13H9F2IN2O3/c14-6-3-7(16)5-4-18(13(21)10(5)11(6)15)8-1-2-9(19)17-12(8)20/h3,8H,1-2,4H2,(H,17,19,20). The number of piperidine rings is 1. The highest BCUT2D eigenvalue weighted by molar-refractivity contribution is 14.1. The Morgan fingerprint density at radius 1 is 1.29 bits per heavy atom. The van der Waals surface area contributed by atoms with Gasteiger partial charge in [0.2, 0.25) is 11.8 Å². The third-order valence-corrected chi connectivity index (χ3v) is 4.62. The largest absolute Gasteiger partial charge is 0.322 e. The molecule has 2 heterocycles. The molecule has 5 nitrogen and oxygen atoms in total. The van der Waals surface area contributed by atoms with Gasteiger partial charge in [-0.25, -0.2) is 8.78 Å². The molecule has 0 aromatic heterocycles. The zero-order valence-electron chi connectivity index (χ0n) is 10.6. The predicted octanol–water partition coefficient (Wildman–Crippen LogP) is 1.33. The fraction of sp³-hybridized carbons (Fsp3) is 0.308. The van der Waals surface area contributed by atoms with Crippen LogP contribution in [0, 0.1) is 15.2 Å². The van der Waals surface area contributed by atoms with Crippen LogP contribution in [-0.2, 0) is 16.1 Å². The molecule has 8 heteroatoms. The van der Waals surface area contributed by atoms with Crippen molar-refractivity contribution in [3.8, 4) is 0 Å². The molecule has 1 aromatic rings. The van der Waals surface area contributed by atoms with Gasteiger partial charge in [-0.2, -0.15) is 0 Å². The zero-order valence-corrected chi connectivity index (χ0v) is 12.7. The first-order valence-electron chi connectivity index (χ1n) is 6.21. The van der Waals surface area contributed by atoms with Crippen LogP contribution in [0.25, 0.3) is 0 Å². The minimum absolute atomic E-state index is 0.0376. The van der Waals surface area contributed by atoms with Crippen molar-refractivity contribution >= 4 is 40.3 Å². The van der Waals surface area contributed by atoms with Crippen LogP contribution in [0.5, 0.6) is 0 Å². The number of hydrogen-bond acceptors (Lipinski definition) is 3. The van der Waals surface area contributed by atoms with Crippen LogP contribution in [-0.4, -0.2) is 28.7 Å². The third kappa shape index (κ3) is 2.21. The van der Waals surface area contributed by atoms with Gasteiger partial charge >= 0.3 is 0 Å². The van der Waals surface area contributed by atoms with Gasteiger partial charge in [-0.3, -0.25) is 19.7 Å². The molecule has 1 saturated heterocycles. The van der Waals surface area contributed by atoms with Crippen molar-refractivity contribution in [1.82, 2.24) is 10.2 Å². The molecule has 0 spiro atoms. The summed E-state index contributed by atoms with van der Waals surface area (Å²) < 4.78 is 27.7. The normalized spacial score (nSPS) is 21.6. The summed E-state index contributed by atoms with van der Waals surface area (Å²) in [5.74, 6) is -3.97. The van der Waals surface area contributed by atoms with Crippen molar-refractivity contribution in [2.75, 3.05) is 0 Å². The van der Waals surface area contributed by atoms with E-state index in [4.69, 9.17) is 0 Å². The molecule has 3 amide bonds. The van der Waals surface area contributed by atoms with E-state index >= 15 is 0 Å². The number of nitrogens with zero attached hydrogens (tertiary/aromatic N) is 1. The van der Waals surface area contributed by atoms with Gasteiger partial charge in [-0.1, -0.05) is 0 Å². The Morgan fingerprint density at radius 3 is 2.67 bits per heavy atom. The van der Waals surface area contributed by atoms with Gasteiger partial charge in [0.25, 0.3) is 5.91 Å². The fourth-order valence-electron chi connectivity index (χ4n) is 2.63. The number of fused-ring (bicyclic) bond motifs is 1. The highest BCUT2D eigenvalue weighted by atomic mass is 127. The van der Waals surface area contributed by atoms with E-state index in [-0.39, 0.29) is 24.9 Å². The molecule has 3 rings (SSSR count). The van der Waals surface area contributed by atoms with E-state index in [1.807, 2.05) is 22.6 Å². The number of imide groups is 1. The Morgan fingerprint density at radius 2 is 2.00 bits per heavy atom. The lowest BCUT2D eigenvalue weighted by Crippen LogP contribution is -2.52. The lowest BCUT2D eigenvalue weighted by molar-refractivity contribution is -0.136. The maximum atomic E-state index is 13.9.